The zero-order valence-corrected chi connectivity index (χ0v) is 20.7. The van der Waals surface area contributed by atoms with Gasteiger partial charge in [0.2, 0.25) is 0 Å². The van der Waals surface area contributed by atoms with E-state index in [4.69, 9.17) is 0 Å². The van der Waals surface area contributed by atoms with Crippen molar-refractivity contribution in [3.63, 3.8) is 0 Å². The van der Waals surface area contributed by atoms with Crippen LogP contribution in [0.4, 0.5) is 14.5 Å². The van der Waals surface area contributed by atoms with Crippen LogP contribution in [-0.4, -0.2) is 44.6 Å². The molecule has 0 aromatic heterocycles. The molecule has 6 nitrogen and oxygen atoms in total. The Hall–Kier alpha value is -2.43. The van der Waals surface area contributed by atoms with Gasteiger partial charge in [0.1, 0.15) is 11.6 Å². The number of hydrogen-bond acceptors (Lipinski definition) is 3. The highest BCUT2D eigenvalue weighted by molar-refractivity contribution is 14.0. The Morgan fingerprint density at radius 3 is 2.72 bits per heavy atom. The third-order valence-corrected chi connectivity index (χ3v) is 5.19. The number of guanidine groups is 1. The first-order chi connectivity index (χ1) is 15.0. The Kier molecular flexibility index (Phi) is 10.1. The molecule has 3 N–H and O–H groups in total. The van der Waals surface area contributed by atoms with Gasteiger partial charge in [-0.3, -0.25) is 9.79 Å². The van der Waals surface area contributed by atoms with Crippen LogP contribution in [0.2, 0.25) is 0 Å². The highest BCUT2D eigenvalue weighted by atomic mass is 127. The van der Waals surface area contributed by atoms with Gasteiger partial charge in [0.25, 0.3) is 5.91 Å². The quantitative estimate of drug-likeness (QED) is 0.276. The lowest BCUT2D eigenvalue weighted by Crippen LogP contribution is -2.44. The Balaban J connectivity index is 0.00000363. The lowest BCUT2D eigenvalue weighted by molar-refractivity contribution is 0.0953. The van der Waals surface area contributed by atoms with Crippen LogP contribution < -0.4 is 20.9 Å². The fraction of sp³-hybridized carbons (Fsp3) is 0.391. The Labute approximate surface area is 204 Å². The highest BCUT2D eigenvalue weighted by Crippen LogP contribution is 2.24. The normalized spacial score (nSPS) is 15.8. The molecule has 0 saturated carbocycles. The molecule has 1 heterocycles. The molecule has 2 aromatic carbocycles. The van der Waals surface area contributed by atoms with E-state index in [1.807, 2.05) is 30.0 Å². The van der Waals surface area contributed by atoms with Crippen molar-refractivity contribution >= 4 is 41.5 Å². The maximum absolute atomic E-state index is 14.1. The molecular weight excluding hydrogens is 527 g/mol. The number of halogens is 3. The van der Waals surface area contributed by atoms with Crippen LogP contribution in [0.15, 0.2) is 47.5 Å². The number of carbonyl (C=O) groups excluding carboxylic acids is 1. The van der Waals surface area contributed by atoms with Crippen molar-refractivity contribution in [3.05, 3.63) is 65.2 Å². The van der Waals surface area contributed by atoms with E-state index in [0.717, 1.165) is 24.5 Å². The molecule has 0 bridgehead atoms. The van der Waals surface area contributed by atoms with Crippen molar-refractivity contribution in [1.29, 1.82) is 0 Å². The SMILES string of the molecule is CCCNC(=O)c1cccc(CNC(=NC)NC2CCN(c3ccc(F)cc3F)C2)c1.I. The maximum Gasteiger partial charge on any atom is 0.251 e. The standard InChI is InChI=1S/C23H29F2N5O.HI/c1-3-10-27-22(31)17-6-4-5-16(12-17)14-28-23(26-2)29-19-9-11-30(15-19)21-8-7-18(24)13-20(21)25;/h4-8,12-13,19H,3,9-11,14-15H2,1-2H3,(H,27,31)(H2,26,28,29);1H. The van der Waals surface area contributed by atoms with E-state index in [1.165, 1.54) is 12.1 Å². The molecule has 2 aromatic rings. The van der Waals surface area contributed by atoms with Crippen molar-refractivity contribution < 1.29 is 13.6 Å². The van der Waals surface area contributed by atoms with Gasteiger partial charge in [-0.05, 0) is 42.7 Å². The zero-order valence-electron chi connectivity index (χ0n) is 18.3. The van der Waals surface area contributed by atoms with Crippen LogP contribution in [0.3, 0.4) is 0 Å². The van der Waals surface area contributed by atoms with Crippen molar-refractivity contribution in [3.8, 4) is 0 Å². The van der Waals surface area contributed by atoms with Crippen molar-refractivity contribution in [2.75, 3.05) is 31.6 Å². The average Bonchev–Trinajstić information content (AvgIpc) is 3.23. The minimum atomic E-state index is -0.577. The van der Waals surface area contributed by atoms with Crippen LogP contribution in [-0.2, 0) is 6.54 Å². The van der Waals surface area contributed by atoms with Crippen LogP contribution >= 0.6 is 24.0 Å². The lowest BCUT2D eigenvalue weighted by Gasteiger charge is -2.21. The number of nitrogens with one attached hydrogen (secondary N) is 3. The molecule has 1 unspecified atom stereocenters. The van der Waals surface area contributed by atoms with Crippen molar-refractivity contribution in [1.82, 2.24) is 16.0 Å². The van der Waals surface area contributed by atoms with Crippen LogP contribution in [0, 0.1) is 11.6 Å². The average molecular weight is 557 g/mol. The number of amides is 1. The molecule has 0 radical (unpaired) electrons. The van der Waals surface area contributed by atoms with Gasteiger partial charge in [0.15, 0.2) is 5.96 Å². The van der Waals surface area contributed by atoms with E-state index >= 15 is 0 Å². The summed E-state index contributed by atoms with van der Waals surface area (Å²) in [6, 6.07) is 11.2. The summed E-state index contributed by atoms with van der Waals surface area (Å²) >= 11 is 0. The second kappa shape index (κ2) is 12.6. The Bertz CT molecular complexity index is 940. The smallest absolute Gasteiger partial charge is 0.251 e. The largest absolute Gasteiger partial charge is 0.367 e. The van der Waals surface area contributed by atoms with Gasteiger partial charge in [-0.15, -0.1) is 24.0 Å². The summed E-state index contributed by atoms with van der Waals surface area (Å²) in [6.07, 6.45) is 1.70. The number of anilines is 1. The molecule has 0 spiro atoms. The van der Waals surface area contributed by atoms with Gasteiger partial charge >= 0.3 is 0 Å². The number of rotatable bonds is 7. The molecule has 0 aliphatic carbocycles. The van der Waals surface area contributed by atoms with Gasteiger partial charge < -0.3 is 20.9 Å². The number of nitrogens with zero attached hydrogens (tertiary/aromatic N) is 2. The van der Waals surface area contributed by atoms with E-state index in [9.17, 15) is 13.6 Å². The summed E-state index contributed by atoms with van der Waals surface area (Å²) in [7, 11) is 1.69. The fourth-order valence-electron chi connectivity index (χ4n) is 3.57. The number of benzene rings is 2. The summed E-state index contributed by atoms with van der Waals surface area (Å²) < 4.78 is 27.2. The van der Waals surface area contributed by atoms with Crippen LogP contribution in [0.1, 0.15) is 35.7 Å². The van der Waals surface area contributed by atoms with E-state index in [-0.39, 0.29) is 35.9 Å². The summed E-state index contributed by atoms with van der Waals surface area (Å²) in [5, 5.41) is 9.49. The maximum atomic E-state index is 14.1. The minimum absolute atomic E-state index is 0. The van der Waals surface area contributed by atoms with Gasteiger partial charge in [-0.1, -0.05) is 19.1 Å². The molecule has 1 aliphatic heterocycles. The first kappa shape index (κ1) is 25.8. The van der Waals surface area contributed by atoms with Gasteiger partial charge in [-0.2, -0.15) is 0 Å². The lowest BCUT2D eigenvalue weighted by atomic mass is 10.1. The molecule has 1 atom stereocenters. The van der Waals surface area contributed by atoms with Crippen molar-refractivity contribution in [2.45, 2.75) is 32.4 Å². The first-order valence-corrected chi connectivity index (χ1v) is 10.5. The number of carbonyl (C=O) groups is 1. The van der Waals surface area contributed by atoms with Gasteiger partial charge in [0.05, 0.1) is 5.69 Å². The molecule has 1 saturated heterocycles. The third-order valence-electron chi connectivity index (χ3n) is 5.19. The fourth-order valence-corrected chi connectivity index (χ4v) is 3.57. The van der Waals surface area contributed by atoms with E-state index in [1.54, 1.807) is 13.1 Å². The zero-order chi connectivity index (χ0) is 22.2. The minimum Gasteiger partial charge on any atom is -0.367 e. The summed E-state index contributed by atoms with van der Waals surface area (Å²) in [4.78, 5) is 18.3. The summed E-state index contributed by atoms with van der Waals surface area (Å²) in [5.41, 5.74) is 2.00. The predicted octanol–water partition coefficient (Wildman–Crippen LogP) is 3.67. The molecule has 1 amide bonds. The highest BCUT2D eigenvalue weighted by Gasteiger charge is 2.25. The molecule has 9 heteroatoms. The van der Waals surface area contributed by atoms with Gasteiger partial charge in [0, 0.05) is 50.9 Å². The molecule has 174 valence electrons. The molecule has 32 heavy (non-hydrogen) atoms. The van der Waals surface area contributed by atoms with E-state index < -0.39 is 11.6 Å². The topological polar surface area (TPSA) is 68.8 Å². The van der Waals surface area contributed by atoms with Gasteiger partial charge in [-0.25, -0.2) is 8.78 Å². The van der Waals surface area contributed by atoms with E-state index in [2.05, 4.69) is 20.9 Å². The molecule has 3 rings (SSSR count). The number of hydrogen-bond donors (Lipinski definition) is 3. The van der Waals surface area contributed by atoms with Crippen molar-refractivity contribution in [2.24, 2.45) is 4.99 Å². The molecule has 1 fully saturated rings. The summed E-state index contributed by atoms with van der Waals surface area (Å²) in [6.45, 7) is 4.44. The number of aliphatic imine (C=N–C) groups is 1. The molecule has 1 aliphatic rings. The second-order valence-corrected chi connectivity index (χ2v) is 7.55. The predicted molar refractivity (Wildman–Crippen MR) is 135 cm³/mol. The Morgan fingerprint density at radius 2 is 2.00 bits per heavy atom. The first-order valence-electron chi connectivity index (χ1n) is 10.5. The molecular formula is C23H30F2IN5O. The third kappa shape index (κ3) is 7.04. The summed E-state index contributed by atoms with van der Waals surface area (Å²) in [5.74, 6) is -0.574. The van der Waals surface area contributed by atoms with Crippen LogP contribution in [0.5, 0.6) is 0 Å². The van der Waals surface area contributed by atoms with Crippen LogP contribution in [0.25, 0.3) is 0 Å². The monoisotopic (exact) mass is 557 g/mol. The van der Waals surface area contributed by atoms with E-state index in [0.29, 0.717) is 43.4 Å². The Morgan fingerprint density at radius 1 is 1.19 bits per heavy atom. The second-order valence-electron chi connectivity index (χ2n) is 7.55.